The average molecular weight is 294 g/mol. The van der Waals surface area contributed by atoms with Gasteiger partial charge in [-0.25, -0.2) is 0 Å². The Labute approximate surface area is 131 Å². The van der Waals surface area contributed by atoms with Crippen LogP contribution in [-0.4, -0.2) is 12.1 Å². The summed E-state index contributed by atoms with van der Waals surface area (Å²) in [5.74, 6) is 2.63. The van der Waals surface area contributed by atoms with Crippen molar-refractivity contribution in [3.8, 4) is 0 Å². The van der Waals surface area contributed by atoms with Crippen LogP contribution >= 0.6 is 0 Å². The van der Waals surface area contributed by atoms with Crippen LogP contribution in [0.5, 0.6) is 0 Å². The summed E-state index contributed by atoms with van der Waals surface area (Å²) in [6, 6.07) is 0. The van der Waals surface area contributed by atoms with Crippen LogP contribution in [-0.2, 0) is 9.53 Å². The molecule has 2 aliphatic rings. The van der Waals surface area contributed by atoms with E-state index in [1.807, 2.05) is 0 Å². The zero-order chi connectivity index (χ0) is 15.1. The standard InChI is InChI=1S/C19H34O2/c1-3-4-5-7-16-10-12-17(13-11-16)18-8-6-9-19(14-18)21-15(2)20/h16-19H,3-14H2,1-2H3/t16?,17?,18-,19-/m1/s1. The van der Waals surface area contributed by atoms with Crippen molar-refractivity contribution >= 4 is 5.97 Å². The molecule has 0 aromatic rings. The van der Waals surface area contributed by atoms with E-state index in [0.29, 0.717) is 0 Å². The lowest BCUT2D eigenvalue weighted by Crippen LogP contribution is -2.30. The maximum absolute atomic E-state index is 11.1. The topological polar surface area (TPSA) is 26.3 Å². The molecule has 0 unspecified atom stereocenters. The van der Waals surface area contributed by atoms with Gasteiger partial charge < -0.3 is 4.74 Å². The smallest absolute Gasteiger partial charge is 0.302 e. The number of hydrogen-bond acceptors (Lipinski definition) is 2. The number of carbonyl (C=O) groups excluding carboxylic acids is 1. The number of carbonyl (C=O) groups is 1. The lowest BCUT2D eigenvalue weighted by Gasteiger charge is -2.38. The molecule has 0 spiro atoms. The maximum Gasteiger partial charge on any atom is 0.302 e. The molecular formula is C19H34O2. The Hall–Kier alpha value is -0.530. The molecule has 0 saturated heterocycles. The zero-order valence-electron chi connectivity index (χ0n) is 14.1. The van der Waals surface area contributed by atoms with Crippen molar-refractivity contribution < 1.29 is 9.53 Å². The molecule has 2 fully saturated rings. The lowest BCUT2D eigenvalue weighted by atomic mass is 9.70. The third-order valence-corrected chi connectivity index (χ3v) is 5.77. The van der Waals surface area contributed by atoms with Crippen molar-refractivity contribution in [3.63, 3.8) is 0 Å². The van der Waals surface area contributed by atoms with Crippen LogP contribution in [0.2, 0.25) is 0 Å². The van der Waals surface area contributed by atoms with Gasteiger partial charge in [0.05, 0.1) is 0 Å². The van der Waals surface area contributed by atoms with E-state index in [1.54, 1.807) is 6.92 Å². The first-order valence-corrected chi connectivity index (χ1v) is 9.36. The summed E-state index contributed by atoms with van der Waals surface area (Å²) in [4.78, 5) is 11.1. The van der Waals surface area contributed by atoms with Crippen molar-refractivity contribution in [1.29, 1.82) is 0 Å². The van der Waals surface area contributed by atoms with Gasteiger partial charge in [0.1, 0.15) is 6.10 Å². The van der Waals surface area contributed by atoms with Gasteiger partial charge in [-0.1, -0.05) is 45.4 Å². The largest absolute Gasteiger partial charge is 0.463 e. The number of esters is 1. The van der Waals surface area contributed by atoms with Gasteiger partial charge >= 0.3 is 5.97 Å². The van der Waals surface area contributed by atoms with Gasteiger partial charge in [0.2, 0.25) is 0 Å². The normalized spacial score (nSPS) is 33.6. The van der Waals surface area contributed by atoms with E-state index in [1.165, 1.54) is 64.2 Å². The summed E-state index contributed by atoms with van der Waals surface area (Å²) in [6.07, 6.45) is 16.4. The third kappa shape index (κ3) is 5.64. The van der Waals surface area contributed by atoms with Crippen LogP contribution < -0.4 is 0 Å². The second-order valence-electron chi connectivity index (χ2n) is 7.43. The first kappa shape index (κ1) is 16.8. The quantitative estimate of drug-likeness (QED) is 0.478. The molecule has 21 heavy (non-hydrogen) atoms. The van der Waals surface area contributed by atoms with Gasteiger partial charge in [-0.3, -0.25) is 4.79 Å². The van der Waals surface area contributed by atoms with E-state index in [-0.39, 0.29) is 12.1 Å². The molecule has 0 bridgehead atoms. The van der Waals surface area contributed by atoms with E-state index in [2.05, 4.69) is 6.92 Å². The molecule has 2 nitrogen and oxygen atoms in total. The maximum atomic E-state index is 11.1. The van der Waals surface area contributed by atoms with Gasteiger partial charge in [0.25, 0.3) is 0 Å². The van der Waals surface area contributed by atoms with Crippen LogP contribution in [0.1, 0.15) is 90.9 Å². The van der Waals surface area contributed by atoms with Gasteiger partial charge in [0.15, 0.2) is 0 Å². The molecule has 0 amide bonds. The molecule has 2 aliphatic carbocycles. The van der Waals surface area contributed by atoms with Crippen molar-refractivity contribution in [2.45, 2.75) is 97.0 Å². The Kier molecular flexibility index (Phi) is 7.06. The minimum Gasteiger partial charge on any atom is -0.463 e. The summed E-state index contributed by atoms with van der Waals surface area (Å²) in [5.41, 5.74) is 0. The highest BCUT2D eigenvalue weighted by molar-refractivity contribution is 5.66. The number of hydrogen-bond donors (Lipinski definition) is 0. The fraction of sp³-hybridized carbons (Fsp3) is 0.947. The summed E-state index contributed by atoms with van der Waals surface area (Å²) >= 11 is 0. The zero-order valence-corrected chi connectivity index (χ0v) is 14.1. The number of rotatable bonds is 6. The van der Waals surface area contributed by atoms with E-state index < -0.39 is 0 Å². The van der Waals surface area contributed by atoms with Crippen LogP contribution in [0, 0.1) is 17.8 Å². The molecule has 0 N–H and O–H groups in total. The summed E-state index contributed by atoms with van der Waals surface area (Å²) in [7, 11) is 0. The molecule has 2 atom stereocenters. The second-order valence-corrected chi connectivity index (χ2v) is 7.43. The SMILES string of the molecule is CCCCCC1CCC([C@@H]2CCC[C@@H](OC(C)=O)C2)CC1. The Morgan fingerprint density at radius 1 is 1.00 bits per heavy atom. The van der Waals surface area contributed by atoms with Crippen LogP contribution in [0.15, 0.2) is 0 Å². The molecular weight excluding hydrogens is 260 g/mol. The molecule has 0 radical (unpaired) electrons. The van der Waals surface area contributed by atoms with Crippen LogP contribution in [0.3, 0.4) is 0 Å². The predicted octanol–water partition coefficient (Wildman–Crippen LogP) is 5.50. The molecule has 2 heteroatoms. The van der Waals surface area contributed by atoms with Gasteiger partial charge in [-0.05, 0) is 56.3 Å². The van der Waals surface area contributed by atoms with Gasteiger partial charge in [-0.2, -0.15) is 0 Å². The van der Waals surface area contributed by atoms with Gasteiger partial charge in [-0.15, -0.1) is 0 Å². The molecule has 2 rings (SSSR count). The molecule has 0 aromatic heterocycles. The fourth-order valence-corrected chi connectivity index (χ4v) is 4.58. The molecule has 0 heterocycles. The van der Waals surface area contributed by atoms with Crippen molar-refractivity contribution in [3.05, 3.63) is 0 Å². The summed E-state index contributed by atoms with van der Waals surface area (Å²) < 4.78 is 5.46. The minimum absolute atomic E-state index is 0.0970. The molecule has 2 saturated carbocycles. The highest BCUT2D eigenvalue weighted by Gasteiger charge is 2.32. The first-order valence-electron chi connectivity index (χ1n) is 9.36. The molecule has 122 valence electrons. The van der Waals surface area contributed by atoms with Crippen LogP contribution in [0.25, 0.3) is 0 Å². The predicted molar refractivity (Wildman–Crippen MR) is 87.1 cm³/mol. The van der Waals surface area contributed by atoms with Gasteiger partial charge in [0, 0.05) is 6.92 Å². The first-order chi connectivity index (χ1) is 10.2. The number of unbranched alkanes of at least 4 members (excludes halogenated alkanes) is 2. The average Bonchev–Trinajstić information content (AvgIpc) is 2.48. The minimum atomic E-state index is -0.0970. The number of ether oxygens (including phenoxy) is 1. The fourth-order valence-electron chi connectivity index (χ4n) is 4.58. The highest BCUT2D eigenvalue weighted by atomic mass is 16.5. The Morgan fingerprint density at radius 3 is 2.43 bits per heavy atom. The lowest BCUT2D eigenvalue weighted by molar-refractivity contribution is -0.149. The second kappa shape index (κ2) is 8.80. The van der Waals surface area contributed by atoms with Crippen molar-refractivity contribution in [2.75, 3.05) is 0 Å². The van der Waals surface area contributed by atoms with Crippen LogP contribution in [0.4, 0.5) is 0 Å². The Morgan fingerprint density at radius 2 is 1.76 bits per heavy atom. The monoisotopic (exact) mass is 294 g/mol. The highest BCUT2D eigenvalue weighted by Crippen LogP contribution is 2.41. The summed E-state index contributed by atoms with van der Waals surface area (Å²) in [5, 5.41) is 0. The van der Waals surface area contributed by atoms with E-state index in [4.69, 9.17) is 4.74 Å². The van der Waals surface area contributed by atoms with E-state index in [0.717, 1.165) is 30.6 Å². The molecule has 0 aliphatic heterocycles. The van der Waals surface area contributed by atoms with Crippen molar-refractivity contribution in [2.24, 2.45) is 17.8 Å². The molecule has 0 aromatic carbocycles. The van der Waals surface area contributed by atoms with E-state index in [9.17, 15) is 4.79 Å². The summed E-state index contributed by atoms with van der Waals surface area (Å²) in [6.45, 7) is 3.84. The van der Waals surface area contributed by atoms with E-state index >= 15 is 0 Å². The third-order valence-electron chi connectivity index (χ3n) is 5.77. The van der Waals surface area contributed by atoms with Crippen molar-refractivity contribution in [1.82, 2.24) is 0 Å². The Balaban J connectivity index is 1.70. The Bertz CT molecular complexity index is 305.